The van der Waals surface area contributed by atoms with Crippen molar-refractivity contribution in [2.45, 2.75) is 37.9 Å². The smallest absolute Gasteiger partial charge is 0.440 e. The second kappa shape index (κ2) is 11.6. The summed E-state index contributed by atoms with van der Waals surface area (Å²) in [7, 11) is -4.01. The van der Waals surface area contributed by atoms with Gasteiger partial charge in [-0.25, -0.2) is 22.5 Å². The van der Waals surface area contributed by atoms with Crippen molar-refractivity contribution >= 4 is 9.84 Å². The van der Waals surface area contributed by atoms with Crippen LogP contribution in [0.25, 0.3) is 39.4 Å². The fraction of sp³-hybridized carbons (Fsp3) is 0.200. The summed E-state index contributed by atoms with van der Waals surface area (Å²) in [6.45, 7) is 1.79. The normalized spacial score (nSPS) is 12.5. The van der Waals surface area contributed by atoms with Crippen molar-refractivity contribution in [1.29, 1.82) is 0 Å². The van der Waals surface area contributed by atoms with Crippen molar-refractivity contribution in [2.75, 3.05) is 6.26 Å². The van der Waals surface area contributed by atoms with Crippen LogP contribution in [0.2, 0.25) is 0 Å². The fourth-order valence-corrected chi connectivity index (χ4v) is 5.79. The lowest BCUT2D eigenvalue weighted by Crippen LogP contribution is -2.16. The van der Waals surface area contributed by atoms with E-state index in [-0.39, 0.29) is 50.8 Å². The van der Waals surface area contributed by atoms with E-state index in [1.54, 1.807) is 0 Å². The Morgan fingerprint density at radius 3 is 2.15 bits per heavy atom. The van der Waals surface area contributed by atoms with Crippen LogP contribution in [0.3, 0.4) is 0 Å². The molecular formula is C30H22F7N3O5S. The van der Waals surface area contributed by atoms with Gasteiger partial charge in [0.2, 0.25) is 0 Å². The number of benzene rings is 3. The third-order valence-corrected chi connectivity index (χ3v) is 7.96. The quantitative estimate of drug-likeness (QED) is 0.180. The van der Waals surface area contributed by atoms with Crippen LogP contribution in [0.5, 0.6) is 5.75 Å². The SMILES string of the molecule is Cc1nc(-c2ccc(OC(F)(F)F)cc2)c(-c2cc(-c3cc(F)c(CO)c(S(C)(=O)=O)c3)ccc2-n2cc(C)c(C(F)(F)F)n2)o1. The lowest BCUT2D eigenvalue weighted by molar-refractivity contribution is -0.274. The summed E-state index contributed by atoms with van der Waals surface area (Å²) in [4.78, 5) is 3.87. The molecule has 0 saturated carbocycles. The Morgan fingerprint density at radius 1 is 0.935 bits per heavy atom. The summed E-state index contributed by atoms with van der Waals surface area (Å²) in [5, 5.41) is 13.3. The minimum atomic E-state index is -4.94. The highest BCUT2D eigenvalue weighted by Crippen LogP contribution is 2.40. The maximum Gasteiger partial charge on any atom is 0.573 e. The van der Waals surface area contributed by atoms with E-state index >= 15 is 4.39 Å². The molecule has 0 fully saturated rings. The predicted octanol–water partition coefficient (Wildman–Crippen LogP) is 7.43. The first-order valence-corrected chi connectivity index (χ1v) is 15.0. The standard InChI is InChI=1S/C30H22F7N3O5S/c1-15-13-40(39-28(15)29(32,33)34)24-9-6-18(19-11-23(31)22(14-41)25(12-19)46(3,42)43)10-21(24)27-26(38-16(2)44-27)17-4-7-20(8-5-17)45-30(35,36)37/h4-13,41H,14H2,1-3H3. The molecule has 0 spiro atoms. The number of aryl methyl sites for hydroxylation is 2. The van der Waals surface area contributed by atoms with Crippen LogP contribution in [0.1, 0.15) is 22.7 Å². The molecule has 16 heteroatoms. The van der Waals surface area contributed by atoms with Crippen molar-refractivity contribution in [1.82, 2.24) is 14.8 Å². The summed E-state index contributed by atoms with van der Waals surface area (Å²) < 4.78 is 130. The van der Waals surface area contributed by atoms with Gasteiger partial charge in [-0.15, -0.1) is 13.2 Å². The zero-order chi connectivity index (χ0) is 33.8. The highest BCUT2D eigenvalue weighted by Gasteiger charge is 2.36. The van der Waals surface area contributed by atoms with Crippen molar-refractivity contribution in [3.05, 3.63) is 89.3 Å². The van der Waals surface area contributed by atoms with Crippen LogP contribution in [-0.2, 0) is 22.6 Å². The van der Waals surface area contributed by atoms with Gasteiger partial charge in [0.25, 0.3) is 0 Å². The van der Waals surface area contributed by atoms with Crippen LogP contribution in [0, 0.1) is 19.7 Å². The minimum Gasteiger partial charge on any atom is -0.440 e. The molecule has 2 heterocycles. The van der Waals surface area contributed by atoms with E-state index in [9.17, 15) is 39.9 Å². The largest absolute Gasteiger partial charge is 0.573 e. The van der Waals surface area contributed by atoms with Gasteiger partial charge in [0.1, 0.15) is 17.3 Å². The highest BCUT2D eigenvalue weighted by molar-refractivity contribution is 7.90. The molecule has 5 aromatic rings. The average Bonchev–Trinajstić information content (AvgIpc) is 3.54. The van der Waals surface area contributed by atoms with E-state index < -0.39 is 56.7 Å². The van der Waals surface area contributed by atoms with E-state index in [0.29, 0.717) is 0 Å². The summed E-state index contributed by atoms with van der Waals surface area (Å²) in [6.07, 6.45) is -7.75. The van der Waals surface area contributed by atoms with Gasteiger partial charge in [0.05, 0.1) is 17.2 Å². The average molecular weight is 670 g/mol. The Morgan fingerprint density at radius 2 is 1.59 bits per heavy atom. The van der Waals surface area contributed by atoms with Gasteiger partial charge < -0.3 is 14.3 Å². The number of alkyl halides is 6. The topological polar surface area (TPSA) is 107 Å². The number of aromatic nitrogens is 3. The molecule has 8 nitrogen and oxygen atoms in total. The number of rotatable bonds is 7. The molecule has 5 rings (SSSR count). The maximum absolute atomic E-state index is 15.0. The monoisotopic (exact) mass is 669 g/mol. The van der Waals surface area contributed by atoms with Crippen LogP contribution < -0.4 is 4.74 Å². The third-order valence-electron chi connectivity index (χ3n) is 6.79. The van der Waals surface area contributed by atoms with Crippen LogP contribution in [0.15, 0.2) is 70.1 Å². The number of hydrogen-bond donors (Lipinski definition) is 1. The van der Waals surface area contributed by atoms with Crippen molar-refractivity contribution in [2.24, 2.45) is 0 Å². The van der Waals surface area contributed by atoms with Crippen molar-refractivity contribution < 1.29 is 53.4 Å². The highest BCUT2D eigenvalue weighted by atomic mass is 32.2. The number of sulfone groups is 1. The lowest BCUT2D eigenvalue weighted by Gasteiger charge is -2.14. The number of hydrogen-bond acceptors (Lipinski definition) is 7. The summed E-state index contributed by atoms with van der Waals surface area (Å²) in [5.41, 5.74) is -1.09. The van der Waals surface area contributed by atoms with Crippen molar-refractivity contribution in [3.8, 4) is 45.1 Å². The lowest BCUT2D eigenvalue weighted by atomic mass is 9.97. The van der Waals surface area contributed by atoms with Gasteiger partial charge in [-0.05, 0) is 72.1 Å². The van der Waals surface area contributed by atoms with Gasteiger partial charge >= 0.3 is 12.5 Å². The van der Waals surface area contributed by atoms with Gasteiger partial charge in [-0.1, -0.05) is 6.07 Å². The molecule has 242 valence electrons. The number of aliphatic hydroxyl groups is 1. The Labute approximate surface area is 256 Å². The first kappa shape index (κ1) is 32.7. The van der Waals surface area contributed by atoms with Crippen molar-refractivity contribution in [3.63, 3.8) is 0 Å². The molecule has 0 aliphatic heterocycles. The van der Waals surface area contributed by atoms with Gasteiger partial charge in [-0.2, -0.15) is 18.3 Å². The number of aliphatic hydroxyl groups excluding tert-OH is 1. The Bertz CT molecular complexity index is 2050. The van der Waals surface area contributed by atoms with E-state index in [4.69, 9.17) is 4.42 Å². The Hall–Kier alpha value is -4.70. The van der Waals surface area contributed by atoms with E-state index in [0.717, 1.165) is 41.4 Å². The fourth-order valence-electron chi connectivity index (χ4n) is 4.84. The molecule has 0 amide bonds. The second-order valence-corrected chi connectivity index (χ2v) is 12.2. The van der Waals surface area contributed by atoms with Crippen LogP contribution in [0.4, 0.5) is 30.7 Å². The van der Waals surface area contributed by atoms with Gasteiger partial charge in [0.15, 0.2) is 27.2 Å². The molecule has 3 aromatic carbocycles. The molecule has 0 aliphatic carbocycles. The van der Waals surface area contributed by atoms with E-state index in [2.05, 4.69) is 14.8 Å². The van der Waals surface area contributed by atoms with E-state index in [1.807, 2.05) is 0 Å². The number of ether oxygens (including phenoxy) is 1. The molecule has 2 aromatic heterocycles. The zero-order valence-corrected chi connectivity index (χ0v) is 24.8. The summed E-state index contributed by atoms with van der Waals surface area (Å²) >= 11 is 0. The molecule has 1 N–H and O–H groups in total. The molecule has 0 bridgehead atoms. The molecule has 0 aliphatic rings. The van der Waals surface area contributed by atoms with E-state index in [1.165, 1.54) is 44.2 Å². The first-order valence-electron chi connectivity index (χ1n) is 13.1. The molecule has 0 saturated heterocycles. The second-order valence-electron chi connectivity index (χ2n) is 10.2. The Balaban J connectivity index is 1.75. The summed E-state index contributed by atoms with van der Waals surface area (Å²) in [6, 6.07) is 10.9. The third kappa shape index (κ3) is 6.62. The summed E-state index contributed by atoms with van der Waals surface area (Å²) in [5.74, 6) is -1.47. The molecule has 0 unspecified atom stereocenters. The molecule has 0 atom stereocenters. The zero-order valence-electron chi connectivity index (χ0n) is 24.0. The number of halogens is 7. The molecule has 0 radical (unpaired) electrons. The van der Waals surface area contributed by atoms with Gasteiger partial charge in [0, 0.05) is 36.1 Å². The predicted molar refractivity (Wildman–Crippen MR) is 150 cm³/mol. The Kier molecular flexibility index (Phi) is 8.23. The van der Waals surface area contributed by atoms with Crippen LogP contribution in [-0.4, -0.2) is 40.9 Å². The van der Waals surface area contributed by atoms with Gasteiger partial charge in [-0.3, -0.25) is 0 Å². The minimum absolute atomic E-state index is 0.0312. The van der Waals surface area contributed by atoms with Crippen LogP contribution >= 0.6 is 0 Å². The molecule has 46 heavy (non-hydrogen) atoms. The number of nitrogens with zero attached hydrogens (tertiary/aromatic N) is 3. The maximum atomic E-state index is 15.0. The first-order chi connectivity index (χ1) is 21.4. The number of oxazole rings is 1. The molecular weight excluding hydrogens is 647 g/mol.